The van der Waals surface area contributed by atoms with Crippen LogP contribution in [0.1, 0.15) is 55.3 Å². The molecule has 0 saturated heterocycles. The molecule has 1 fully saturated rings. The second kappa shape index (κ2) is 7.05. The molecule has 1 aliphatic rings. The van der Waals surface area contributed by atoms with E-state index in [1.165, 1.54) is 18.4 Å². The first-order valence-electron chi connectivity index (χ1n) is 8.22. The van der Waals surface area contributed by atoms with Gasteiger partial charge in [-0.05, 0) is 57.6 Å². The van der Waals surface area contributed by atoms with E-state index in [4.69, 9.17) is 4.52 Å². The highest BCUT2D eigenvalue weighted by molar-refractivity contribution is 5.03. The molecule has 0 unspecified atom stereocenters. The van der Waals surface area contributed by atoms with Gasteiger partial charge in [0.25, 0.3) is 0 Å². The topological polar surface area (TPSA) is 68.8 Å². The Bertz CT molecular complexity index is 583. The van der Waals surface area contributed by atoms with E-state index in [9.17, 15) is 0 Å². The van der Waals surface area contributed by atoms with Gasteiger partial charge in [-0.25, -0.2) is 0 Å². The minimum Gasteiger partial charge on any atom is -0.339 e. The predicted molar refractivity (Wildman–Crippen MR) is 83.6 cm³/mol. The smallest absolute Gasteiger partial charge is 0.229 e. The fourth-order valence-electron chi connectivity index (χ4n) is 3.22. The number of hydrogen-bond acceptors (Lipinski definition) is 5. The van der Waals surface area contributed by atoms with Crippen molar-refractivity contribution < 1.29 is 4.52 Å². The molecule has 1 saturated carbocycles. The number of aryl methyl sites for hydroxylation is 3. The van der Waals surface area contributed by atoms with E-state index >= 15 is 0 Å². The Morgan fingerprint density at radius 1 is 1.32 bits per heavy atom. The lowest BCUT2D eigenvalue weighted by Crippen LogP contribution is -2.33. The van der Waals surface area contributed by atoms with Crippen molar-refractivity contribution in [3.05, 3.63) is 29.7 Å². The van der Waals surface area contributed by atoms with Gasteiger partial charge < -0.3 is 9.84 Å². The van der Waals surface area contributed by atoms with E-state index < -0.39 is 0 Å². The largest absolute Gasteiger partial charge is 0.339 e. The Morgan fingerprint density at radius 2 is 2.14 bits per heavy atom. The first kappa shape index (κ1) is 15.2. The summed E-state index contributed by atoms with van der Waals surface area (Å²) in [5, 5.41) is 11.8. The lowest BCUT2D eigenvalue weighted by Gasteiger charge is -2.27. The molecule has 120 valence electrons. The van der Waals surface area contributed by atoms with E-state index in [0.717, 1.165) is 43.9 Å². The Balaban J connectivity index is 1.34. The zero-order chi connectivity index (χ0) is 15.4. The van der Waals surface area contributed by atoms with Gasteiger partial charge in [-0.2, -0.15) is 10.1 Å². The van der Waals surface area contributed by atoms with Crippen LogP contribution < -0.4 is 5.32 Å². The van der Waals surface area contributed by atoms with Crippen LogP contribution in [0.3, 0.4) is 0 Å². The molecule has 0 amide bonds. The standard InChI is InChI=1S/C16H25N5O/c1-12-19-16(22-20-12)14-5-7-15(8-6-14)17-9-3-4-13-10-18-21(2)11-13/h10-11,14-15,17H,3-9H2,1-2H3. The zero-order valence-corrected chi connectivity index (χ0v) is 13.5. The van der Waals surface area contributed by atoms with Crippen molar-refractivity contribution in [1.29, 1.82) is 0 Å². The number of nitrogens with zero attached hydrogens (tertiary/aromatic N) is 4. The van der Waals surface area contributed by atoms with Crippen LogP contribution in [-0.4, -0.2) is 32.5 Å². The van der Waals surface area contributed by atoms with Gasteiger partial charge in [-0.3, -0.25) is 4.68 Å². The van der Waals surface area contributed by atoms with Gasteiger partial charge in [0.05, 0.1) is 6.20 Å². The summed E-state index contributed by atoms with van der Waals surface area (Å²) >= 11 is 0. The molecule has 2 heterocycles. The van der Waals surface area contributed by atoms with Crippen molar-refractivity contribution >= 4 is 0 Å². The van der Waals surface area contributed by atoms with E-state index in [0.29, 0.717) is 12.0 Å². The molecular weight excluding hydrogens is 278 g/mol. The van der Waals surface area contributed by atoms with Gasteiger partial charge in [0, 0.05) is 25.2 Å². The normalized spacial score (nSPS) is 22.1. The van der Waals surface area contributed by atoms with Gasteiger partial charge in [-0.1, -0.05) is 5.16 Å². The van der Waals surface area contributed by atoms with Crippen LogP contribution in [0.15, 0.2) is 16.9 Å². The second-order valence-corrected chi connectivity index (χ2v) is 6.31. The van der Waals surface area contributed by atoms with Crippen molar-refractivity contribution in [2.45, 2.75) is 57.4 Å². The monoisotopic (exact) mass is 303 g/mol. The minimum atomic E-state index is 0.453. The highest BCUT2D eigenvalue weighted by Gasteiger charge is 2.25. The molecular formula is C16H25N5O. The third-order valence-electron chi connectivity index (χ3n) is 4.45. The lowest BCUT2D eigenvalue weighted by atomic mass is 9.86. The molecule has 2 aromatic heterocycles. The minimum absolute atomic E-state index is 0.453. The lowest BCUT2D eigenvalue weighted by molar-refractivity contribution is 0.282. The van der Waals surface area contributed by atoms with Crippen molar-refractivity contribution in [2.24, 2.45) is 7.05 Å². The Hall–Kier alpha value is -1.69. The molecule has 1 aliphatic carbocycles. The summed E-state index contributed by atoms with van der Waals surface area (Å²) in [5.41, 5.74) is 1.32. The fourth-order valence-corrected chi connectivity index (χ4v) is 3.22. The fraction of sp³-hybridized carbons (Fsp3) is 0.688. The van der Waals surface area contributed by atoms with Crippen molar-refractivity contribution in [1.82, 2.24) is 25.2 Å². The molecule has 6 nitrogen and oxygen atoms in total. The number of rotatable bonds is 6. The van der Waals surface area contributed by atoms with Gasteiger partial charge in [-0.15, -0.1) is 0 Å². The first-order valence-corrected chi connectivity index (χ1v) is 8.22. The average Bonchev–Trinajstić information content (AvgIpc) is 3.13. The molecule has 3 rings (SSSR count). The maximum absolute atomic E-state index is 5.30. The summed E-state index contributed by atoms with van der Waals surface area (Å²) in [7, 11) is 1.96. The van der Waals surface area contributed by atoms with E-state index in [2.05, 4.69) is 26.8 Å². The van der Waals surface area contributed by atoms with Crippen molar-refractivity contribution in [2.75, 3.05) is 6.54 Å². The molecule has 1 N–H and O–H groups in total. The van der Waals surface area contributed by atoms with Crippen LogP contribution in [0.5, 0.6) is 0 Å². The third kappa shape index (κ3) is 3.94. The van der Waals surface area contributed by atoms with Crippen LogP contribution in [0.4, 0.5) is 0 Å². The molecule has 0 aromatic carbocycles. The van der Waals surface area contributed by atoms with Crippen LogP contribution in [0.25, 0.3) is 0 Å². The van der Waals surface area contributed by atoms with Crippen molar-refractivity contribution in [3.63, 3.8) is 0 Å². The summed E-state index contributed by atoms with van der Waals surface area (Å²) < 4.78 is 7.16. The molecule has 0 spiro atoms. The summed E-state index contributed by atoms with van der Waals surface area (Å²) in [4.78, 5) is 4.36. The summed E-state index contributed by atoms with van der Waals surface area (Å²) in [6.45, 7) is 2.95. The van der Waals surface area contributed by atoms with Gasteiger partial charge in [0.15, 0.2) is 5.82 Å². The van der Waals surface area contributed by atoms with E-state index in [1.807, 2.05) is 24.9 Å². The number of nitrogens with one attached hydrogen (secondary N) is 1. The van der Waals surface area contributed by atoms with Crippen LogP contribution in [0, 0.1) is 6.92 Å². The van der Waals surface area contributed by atoms with Gasteiger partial charge in [0.1, 0.15) is 0 Å². The maximum atomic E-state index is 5.30. The van der Waals surface area contributed by atoms with E-state index in [1.54, 1.807) is 0 Å². The van der Waals surface area contributed by atoms with Gasteiger partial charge >= 0.3 is 0 Å². The molecule has 0 radical (unpaired) electrons. The summed E-state index contributed by atoms with van der Waals surface area (Å²) in [5.74, 6) is 2.02. The van der Waals surface area contributed by atoms with Crippen LogP contribution in [-0.2, 0) is 13.5 Å². The Kier molecular flexibility index (Phi) is 4.87. The van der Waals surface area contributed by atoms with Gasteiger partial charge in [0.2, 0.25) is 5.89 Å². The second-order valence-electron chi connectivity index (χ2n) is 6.31. The molecule has 2 aromatic rings. The summed E-state index contributed by atoms with van der Waals surface area (Å²) in [6, 6.07) is 0.633. The predicted octanol–water partition coefficient (Wildman–Crippen LogP) is 2.36. The average molecular weight is 303 g/mol. The maximum Gasteiger partial charge on any atom is 0.229 e. The first-order chi connectivity index (χ1) is 10.7. The van der Waals surface area contributed by atoms with Crippen LogP contribution >= 0.6 is 0 Å². The molecule has 6 heteroatoms. The molecule has 0 bridgehead atoms. The molecule has 0 aliphatic heterocycles. The third-order valence-corrected chi connectivity index (χ3v) is 4.45. The highest BCUT2D eigenvalue weighted by Crippen LogP contribution is 2.31. The Morgan fingerprint density at radius 3 is 2.77 bits per heavy atom. The van der Waals surface area contributed by atoms with E-state index in [-0.39, 0.29) is 0 Å². The molecule has 0 atom stereocenters. The molecule has 22 heavy (non-hydrogen) atoms. The van der Waals surface area contributed by atoms with Crippen LogP contribution in [0.2, 0.25) is 0 Å². The van der Waals surface area contributed by atoms with Crippen molar-refractivity contribution in [3.8, 4) is 0 Å². The SMILES string of the molecule is Cc1noc(C2CCC(NCCCc3cnn(C)c3)CC2)n1. The zero-order valence-electron chi connectivity index (χ0n) is 13.5. The summed E-state index contributed by atoms with van der Waals surface area (Å²) in [6.07, 6.45) is 11.0. The highest BCUT2D eigenvalue weighted by atomic mass is 16.5. The number of hydrogen-bond donors (Lipinski definition) is 1. The quantitative estimate of drug-likeness (QED) is 0.830. The Labute approximate surface area is 131 Å². The number of aromatic nitrogens is 4.